The first-order valence-electron chi connectivity index (χ1n) is 6.06. The number of nitrogens with two attached hydrogens (primary N) is 1. The molecule has 94 valence electrons. The van der Waals surface area contributed by atoms with Gasteiger partial charge in [-0.1, -0.05) is 6.92 Å². The Balaban J connectivity index is 2.23. The van der Waals surface area contributed by atoms with Crippen molar-refractivity contribution in [3.63, 3.8) is 0 Å². The second-order valence-corrected chi connectivity index (χ2v) is 4.80. The number of rotatable bonds is 4. The van der Waals surface area contributed by atoms with Gasteiger partial charge >= 0.3 is 0 Å². The molecule has 0 amide bonds. The van der Waals surface area contributed by atoms with E-state index in [4.69, 9.17) is 10.6 Å². The molecule has 2 atom stereocenters. The van der Waals surface area contributed by atoms with Gasteiger partial charge in [0.1, 0.15) is 11.6 Å². The average molecular weight is 236 g/mol. The predicted octanol–water partition coefficient (Wildman–Crippen LogP) is 1.81. The minimum atomic E-state index is 0.467. The number of methoxy groups -OCH3 is 1. The third kappa shape index (κ3) is 2.92. The van der Waals surface area contributed by atoms with Crippen LogP contribution in [0.4, 0.5) is 5.82 Å². The van der Waals surface area contributed by atoms with Gasteiger partial charge in [-0.05, 0) is 25.2 Å². The van der Waals surface area contributed by atoms with Crippen LogP contribution in [-0.4, -0.2) is 17.1 Å². The highest BCUT2D eigenvalue weighted by molar-refractivity contribution is 5.35. The van der Waals surface area contributed by atoms with Crippen LogP contribution >= 0.6 is 0 Å². The van der Waals surface area contributed by atoms with E-state index in [0.717, 1.165) is 17.4 Å². The fraction of sp³-hybridized carbons (Fsp3) is 0.667. The fourth-order valence-electron chi connectivity index (χ4n) is 2.44. The summed E-state index contributed by atoms with van der Waals surface area (Å²) in [7, 11) is 1.66. The van der Waals surface area contributed by atoms with Crippen LogP contribution < -0.4 is 11.3 Å². The molecule has 0 aliphatic heterocycles. The minimum Gasteiger partial charge on any atom is -0.378 e. The Kier molecular flexibility index (Phi) is 3.91. The van der Waals surface area contributed by atoms with Crippen molar-refractivity contribution in [3.8, 4) is 0 Å². The van der Waals surface area contributed by atoms with Crippen molar-refractivity contribution < 1.29 is 4.74 Å². The summed E-state index contributed by atoms with van der Waals surface area (Å²) in [5.41, 5.74) is 3.47. The maximum Gasteiger partial charge on any atom is 0.144 e. The highest BCUT2D eigenvalue weighted by atomic mass is 16.5. The summed E-state index contributed by atoms with van der Waals surface area (Å²) < 4.78 is 5.11. The van der Waals surface area contributed by atoms with Crippen LogP contribution in [-0.2, 0) is 11.3 Å². The molecule has 1 aromatic heterocycles. The van der Waals surface area contributed by atoms with Gasteiger partial charge in [0.2, 0.25) is 0 Å². The molecule has 1 heterocycles. The lowest BCUT2D eigenvalue weighted by Gasteiger charge is -2.11. The molecule has 0 aromatic carbocycles. The Labute approximate surface area is 102 Å². The number of nitrogens with one attached hydrogen (secondary N) is 1. The quantitative estimate of drug-likeness (QED) is 0.616. The van der Waals surface area contributed by atoms with Gasteiger partial charge in [0.05, 0.1) is 12.3 Å². The summed E-state index contributed by atoms with van der Waals surface area (Å²) in [4.78, 5) is 9.00. The summed E-state index contributed by atoms with van der Waals surface area (Å²) >= 11 is 0. The second-order valence-electron chi connectivity index (χ2n) is 4.80. The number of hydrogen-bond acceptors (Lipinski definition) is 5. The van der Waals surface area contributed by atoms with E-state index in [0.29, 0.717) is 18.3 Å². The first-order chi connectivity index (χ1) is 8.22. The van der Waals surface area contributed by atoms with Crippen LogP contribution in [0.5, 0.6) is 0 Å². The van der Waals surface area contributed by atoms with E-state index < -0.39 is 0 Å². The van der Waals surface area contributed by atoms with Crippen LogP contribution in [0.2, 0.25) is 0 Å². The van der Waals surface area contributed by atoms with E-state index in [1.54, 1.807) is 7.11 Å². The summed E-state index contributed by atoms with van der Waals surface area (Å²) in [6.45, 7) is 2.77. The molecule has 17 heavy (non-hydrogen) atoms. The van der Waals surface area contributed by atoms with Crippen LogP contribution in [0, 0.1) is 5.92 Å². The van der Waals surface area contributed by atoms with Gasteiger partial charge in [0.25, 0.3) is 0 Å². The van der Waals surface area contributed by atoms with Crippen molar-refractivity contribution in [3.05, 3.63) is 17.6 Å². The topological polar surface area (TPSA) is 73.1 Å². The monoisotopic (exact) mass is 236 g/mol. The molecule has 1 saturated carbocycles. The third-order valence-electron chi connectivity index (χ3n) is 3.30. The van der Waals surface area contributed by atoms with Crippen molar-refractivity contribution in [2.24, 2.45) is 11.8 Å². The Morgan fingerprint density at radius 1 is 1.47 bits per heavy atom. The van der Waals surface area contributed by atoms with Crippen LogP contribution in [0.15, 0.2) is 6.07 Å². The molecule has 2 unspecified atom stereocenters. The minimum absolute atomic E-state index is 0.467. The molecule has 0 radical (unpaired) electrons. The van der Waals surface area contributed by atoms with Crippen molar-refractivity contribution in [2.75, 3.05) is 12.5 Å². The zero-order valence-corrected chi connectivity index (χ0v) is 10.4. The number of nitrogen functional groups attached to an aromatic ring is 1. The predicted molar refractivity (Wildman–Crippen MR) is 66.3 cm³/mol. The molecule has 1 aliphatic rings. The van der Waals surface area contributed by atoms with E-state index in [2.05, 4.69) is 22.3 Å². The van der Waals surface area contributed by atoms with E-state index in [-0.39, 0.29) is 0 Å². The van der Waals surface area contributed by atoms with Gasteiger partial charge in [-0.3, -0.25) is 0 Å². The zero-order chi connectivity index (χ0) is 12.3. The number of hydrazine groups is 1. The summed E-state index contributed by atoms with van der Waals surface area (Å²) in [5, 5.41) is 0. The average Bonchev–Trinajstić information content (AvgIpc) is 2.76. The molecule has 1 fully saturated rings. The van der Waals surface area contributed by atoms with Crippen LogP contribution in [0.3, 0.4) is 0 Å². The molecule has 1 aliphatic carbocycles. The zero-order valence-electron chi connectivity index (χ0n) is 10.4. The molecular weight excluding hydrogens is 216 g/mol. The summed E-state index contributed by atoms with van der Waals surface area (Å²) in [6.07, 6.45) is 3.59. The van der Waals surface area contributed by atoms with Crippen LogP contribution in [0.25, 0.3) is 0 Å². The molecule has 1 aromatic rings. The van der Waals surface area contributed by atoms with Crippen molar-refractivity contribution in [2.45, 2.75) is 38.7 Å². The molecule has 0 bridgehead atoms. The van der Waals surface area contributed by atoms with Crippen molar-refractivity contribution >= 4 is 5.82 Å². The fourth-order valence-corrected chi connectivity index (χ4v) is 2.44. The van der Waals surface area contributed by atoms with E-state index in [1.165, 1.54) is 19.3 Å². The normalized spacial score (nSPS) is 23.9. The number of aromatic nitrogens is 2. The molecule has 5 nitrogen and oxygen atoms in total. The van der Waals surface area contributed by atoms with E-state index in [9.17, 15) is 0 Å². The first kappa shape index (κ1) is 12.3. The smallest absolute Gasteiger partial charge is 0.144 e. The first-order valence-corrected chi connectivity index (χ1v) is 6.06. The Hall–Kier alpha value is -1.20. The van der Waals surface area contributed by atoms with Gasteiger partial charge < -0.3 is 10.2 Å². The number of ether oxygens (including phenoxy) is 1. The molecular formula is C12H20N4O. The maximum atomic E-state index is 5.43. The maximum absolute atomic E-state index is 5.43. The Morgan fingerprint density at radius 3 is 2.88 bits per heavy atom. The summed E-state index contributed by atoms with van der Waals surface area (Å²) in [6, 6.07) is 1.82. The largest absolute Gasteiger partial charge is 0.378 e. The molecule has 0 spiro atoms. The van der Waals surface area contributed by atoms with Gasteiger partial charge in [0.15, 0.2) is 0 Å². The Morgan fingerprint density at radius 2 is 2.29 bits per heavy atom. The molecule has 2 rings (SSSR count). The second kappa shape index (κ2) is 5.42. The Bertz CT molecular complexity index is 383. The van der Waals surface area contributed by atoms with Gasteiger partial charge in [0, 0.05) is 19.1 Å². The van der Waals surface area contributed by atoms with Crippen LogP contribution in [0.1, 0.15) is 43.6 Å². The van der Waals surface area contributed by atoms with Gasteiger partial charge in [-0.25, -0.2) is 15.8 Å². The van der Waals surface area contributed by atoms with E-state index >= 15 is 0 Å². The molecule has 3 N–H and O–H groups in total. The third-order valence-corrected chi connectivity index (χ3v) is 3.30. The number of nitrogens with zero attached hydrogens (tertiary/aromatic N) is 2. The van der Waals surface area contributed by atoms with Gasteiger partial charge in [-0.15, -0.1) is 0 Å². The van der Waals surface area contributed by atoms with Crippen molar-refractivity contribution in [1.29, 1.82) is 0 Å². The standard InChI is InChI=1S/C12H20N4O/c1-8-3-4-9(5-8)12-14-10(7-17-2)6-11(15-12)16-13/h6,8-9H,3-5,7,13H2,1-2H3,(H,14,15,16). The van der Waals surface area contributed by atoms with Crippen molar-refractivity contribution in [1.82, 2.24) is 9.97 Å². The summed E-state index contributed by atoms with van der Waals surface area (Å²) in [5.74, 6) is 8.23. The highest BCUT2D eigenvalue weighted by Gasteiger charge is 2.25. The number of anilines is 1. The SMILES string of the molecule is COCc1cc(NN)nc(C2CCC(C)C2)n1. The lowest BCUT2D eigenvalue weighted by atomic mass is 10.1. The number of hydrogen-bond donors (Lipinski definition) is 2. The highest BCUT2D eigenvalue weighted by Crippen LogP contribution is 2.36. The van der Waals surface area contributed by atoms with Gasteiger partial charge in [-0.2, -0.15) is 0 Å². The lowest BCUT2D eigenvalue weighted by Crippen LogP contribution is -2.13. The molecule has 0 saturated heterocycles. The molecule has 5 heteroatoms. The van der Waals surface area contributed by atoms with E-state index in [1.807, 2.05) is 6.07 Å². The lowest BCUT2D eigenvalue weighted by molar-refractivity contribution is 0.181.